The average molecular weight is 454 g/mol. The van der Waals surface area contributed by atoms with E-state index >= 15 is 0 Å². The maximum absolute atomic E-state index is 13.2. The lowest BCUT2D eigenvalue weighted by molar-refractivity contribution is -0.121. The largest absolute Gasteiger partial charge is 0.507 e. The molecule has 0 atom stereocenters. The van der Waals surface area contributed by atoms with Crippen molar-refractivity contribution in [1.82, 2.24) is 5.32 Å². The first-order valence-corrected chi connectivity index (χ1v) is 11.1. The fourth-order valence-corrected chi connectivity index (χ4v) is 3.98. The van der Waals surface area contributed by atoms with Crippen LogP contribution in [0, 0.1) is 20.8 Å². The molecule has 7 nitrogen and oxygen atoms in total. The fourth-order valence-electron chi connectivity index (χ4n) is 3.98. The zero-order valence-corrected chi connectivity index (χ0v) is 20.8. The van der Waals surface area contributed by atoms with Crippen LogP contribution in [0.5, 0.6) is 5.75 Å². The SMILES string of the molecule is CCC(=O)N(CC(=O)Nc1cc(C(=O)NC)ccc1C(C)(C)C)c1c(C)cc(C)c(O)c1C. The van der Waals surface area contributed by atoms with E-state index in [4.69, 9.17) is 0 Å². The van der Waals surface area contributed by atoms with Crippen LogP contribution in [0.25, 0.3) is 0 Å². The van der Waals surface area contributed by atoms with Crippen LogP contribution < -0.4 is 15.5 Å². The summed E-state index contributed by atoms with van der Waals surface area (Å²) in [6.07, 6.45) is 0.209. The Morgan fingerprint density at radius 3 is 2.21 bits per heavy atom. The Morgan fingerprint density at radius 2 is 1.67 bits per heavy atom. The quantitative estimate of drug-likeness (QED) is 0.605. The van der Waals surface area contributed by atoms with Gasteiger partial charge in [0.1, 0.15) is 12.3 Å². The van der Waals surface area contributed by atoms with Crippen LogP contribution in [0.15, 0.2) is 24.3 Å². The van der Waals surface area contributed by atoms with E-state index in [0.717, 1.165) is 11.1 Å². The molecular weight excluding hydrogens is 418 g/mol. The molecule has 0 aliphatic heterocycles. The maximum atomic E-state index is 13.2. The Balaban J connectivity index is 2.46. The molecular formula is C26H35N3O4. The number of phenolic OH excluding ortho intramolecular Hbond substituents is 1. The number of anilines is 2. The van der Waals surface area contributed by atoms with Crippen molar-refractivity contribution in [2.24, 2.45) is 0 Å². The van der Waals surface area contributed by atoms with Crippen LogP contribution in [0.1, 0.15) is 66.7 Å². The van der Waals surface area contributed by atoms with Crippen molar-refractivity contribution >= 4 is 29.1 Å². The first kappa shape index (κ1) is 25.9. The number of amides is 3. The molecule has 0 bridgehead atoms. The lowest BCUT2D eigenvalue weighted by atomic mass is 9.85. The molecule has 0 aliphatic carbocycles. The van der Waals surface area contributed by atoms with Crippen molar-refractivity contribution < 1.29 is 19.5 Å². The predicted molar refractivity (Wildman–Crippen MR) is 132 cm³/mol. The topological polar surface area (TPSA) is 98.7 Å². The molecule has 0 aromatic heterocycles. The number of rotatable bonds is 6. The van der Waals surface area contributed by atoms with Crippen LogP contribution in [-0.4, -0.2) is 36.4 Å². The molecule has 7 heteroatoms. The highest BCUT2D eigenvalue weighted by Gasteiger charge is 2.25. The van der Waals surface area contributed by atoms with Crippen LogP contribution in [0.4, 0.5) is 11.4 Å². The van der Waals surface area contributed by atoms with Gasteiger partial charge in [0.2, 0.25) is 11.8 Å². The van der Waals surface area contributed by atoms with E-state index < -0.39 is 5.91 Å². The average Bonchev–Trinajstić information content (AvgIpc) is 2.74. The molecule has 0 heterocycles. The number of hydrogen-bond donors (Lipinski definition) is 3. The van der Waals surface area contributed by atoms with Gasteiger partial charge in [-0.15, -0.1) is 0 Å². The highest BCUT2D eigenvalue weighted by Crippen LogP contribution is 2.35. The summed E-state index contributed by atoms with van der Waals surface area (Å²) < 4.78 is 0. The van der Waals surface area contributed by atoms with Gasteiger partial charge in [-0.3, -0.25) is 14.4 Å². The highest BCUT2D eigenvalue weighted by atomic mass is 16.3. The molecule has 0 spiro atoms. The van der Waals surface area contributed by atoms with Gasteiger partial charge in [0.15, 0.2) is 0 Å². The molecule has 0 fully saturated rings. The van der Waals surface area contributed by atoms with E-state index in [-0.39, 0.29) is 35.9 Å². The Labute approximate surface area is 196 Å². The van der Waals surface area contributed by atoms with Crippen LogP contribution >= 0.6 is 0 Å². The summed E-state index contributed by atoms with van der Waals surface area (Å²) in [5, 5.41) is 15.9. The Hall–Kier alpha value is -3.35. The predicted octanol–water partition coefficient (Wildman–Crippen LogP) is 4.36. The van der Waals surface area contributed by atoms with Crippen LogP contribution in [0.2, 0.25) is 0 Å². The normalized spacial score (nSPS) is 11.2. The molecule has 3 N–H and O–H groups in total. The van der Waals surface area contributed by atoms with E-state index in [1.165, 1.54) is 4.90 Å². The lowest BCUT2D eigenvalue weighted by Gasteiger charge is -2.28. The van der Waals surface area contributed by atoms with Crippen LogP contribution in [-0.2, 0) is 15.0 Å². The molecule has 3 amide bonds. The smallest absolute Gasteiger partial charge is 0.251 e. The van der Waals surface area contributed by atoms with E-state index in [1.807, 2.05) is 33.8 Å². The molecule has 0 radical (unpaired) electrons. The van der Waals surface area contributed by atoms with Gasteiger partial charge in [-0.25, -0.2) is 0 Å². The summed E-state index contributed by atoms with van der Waals surface area (Å²) in [6.45, 7) is 13.0. The molecule has 2 aromatic carbocycles. The number of carbonyl (C=O) groups is 3. The van der Waals surface area contributed by atoms with E-state index in [0.29, 0.717) is 28.1 Å². The van der Waals surface area contributed by atoms with Gasteiger partial charge >= 0.3 is 0 Å². The van der Waals surface area contributed by atoms with Crippen molar-refractivity contribution in [3.8, 4) is 5.75 Å². The first-order valence-electron chi connectivity index (χ1n) is 11.1. The van der Waals surface area contributed by atoms with Gasteiger partial charge in [0.05, 0.1) is 5.69 Å². The molecule has 178 valence electrons. The summed E-state index contributed by atoms with van der Waals surface area (Å²) >= 11 is 0. The van der Waals surface area contributed by atoms with Crippen molar-refractivity contribution in [2.45, 2.75) is 60.3 Å². The molecule has 33 heavy (non-hydrogen) atoms. The third kappa shape index (κ3) is 5.72. The highest BCUT2D eigenvalue weighted by molar-refractivity contribution is 6.04. The fraction of sp³-hybridized carbons (Fsp3) is 0.423. The number of carbonyl (C=O) groups excluding carboxylic acids is 3. The number of nitrogens with one attached hydrogen (secondary N) is 2. The van der Waals surface area contributed by atoms with E-state index in [2.05, 4.69) is 10.6 Å². The number of hydrogen-bond acceptors (Lipinski definition) is 4. The number of benzene rings is 2. The summed E-state index contributed by atoms with van der Waals surface area (Å²) in [4.78, 5) is 39.5. The summed E-state index contributed by atoms with van der Waals surface area (Å²) in [5.74, 6) is -0.765. The van der Waals surface area contributed by atoms with Gasteiger partial charge in [0, 0.05) is 30.3 Å². The van der Waals surface area contributed by atoms with Crippen LogP contribution in [0.3, 0.4) is 0 Å². The molecule has 2 aromatic rings. The number of nitrogens with zero attached hydrogens (tertiary/aromatic N) is 1. The second-order valence-electron chi connectivity index (χ2n) is 9.30. The molecule has 0 saturated carbocycles. The van der Waals surface area contributed by atoms with E-state index in [1.54, 1.807) is 46.0 Å². The Kier molecular flexibility index (Phi) is 7.90. The Bertz CT molecular complexity index is 1080. The van der Waals surface area contributed by atoms with Gasteiger partial charge in [-0.05, 0) is 55.0 Å². The minimum Gasteiger partial charge on any atom is -0.507 e. The second-order valence-corrected chi connectivity index (χ2v) is 9.30. The number of phenols is 1. The van der Waals surface area contributed by atoms with Gasteiger partial charge in [0.25, 0.3) is 5.91 Å². The minimum absolute atomic E-state index is 0.109. The van der Waals surface area contributed by atoms with E-state index in [9.17, 15) is 19.5 Å². The zero-order valence-electron chi connectivity index (χ0n) is 20.8. The van der Waals surface area contributed by atoms with Crippen molar-refractivity contribution in [3.63, 3.8) is 0 Å². The lowest BCUT2D eigenvalue weighted by Crippen LogP contribution is -2.39. The zero-order chi connectivity index (χ0) is 25.1. The minimum atomic E-state index is -0.393. The monoisotopic (exact) mass is 453 g/mol. The molecule has 2 rings (SSSR count). The molecule has 0 unspecified atom stereocenters. The van der Waals surface area contributed by atoms with Gasteiger partial charge in [-0.2, -0.15) is 0 Å². The van der Waals surface area contributed by atoms with Gasteiger partial charge < -0.3 is 20.6 Å². The van der Waals surface area contributed by atoms with Crippen molar-refractivity contribution in [3.05, 3.63) is 52.1 Å². The number of aryl methyl sites for hydroxylation is 2. The Morgan fingerprint density at radius 1 is 1.03 bits per heavy atom. The second kappa shape index (κ2) is 10.1. The van der Waals surface area contributed by atoms with Crippen molar-refractivity contribution in [1.29, 1.82) is 0 Å². The molecule has 0 aliphatic rings. The third-order valence-corrected chi connectivity index (χ3v) is 5.66. The summed E-state index contributed by atoms with van der Waals surface area (Å²) in [6, 6.07) is 7.01. The van der Waals surface area contributed by atoms with Gasteiger partial charge in [-0.1, -0.05) is 39.8 Å². The maximum Gasteiger partial charge on any atom is 0.251 e. The number of aromatic hydroxyl groups is 1. The third-order valence-electron chi connectivity index (χ3n) is 5.66. The summed E-state index contributed by atoms with van der Waals surface area (Å²) in [7, 11) is 1.55. The summed E-state index contributed by atoms with van der Waals surface area (Å²) in [5.41, 5.74) is 4.15. The first-order chi connectivity index (χ1) is 15.3. The molecule has 0 saturated heterocycles. The standard InChI is InChI=1S/C26H35N3O4/c1-9-22(31)29(23-15(2)12-16(3)24(32)17(23)4)14-21(30)28-20-13-18(25(33)27-8)10-11-19(20)26(5,6)7/h10-13,32H,9,14H2,1-8H3,(H,27,33)(H,28,30). The van der Waals surface area contributed by atoms with Crippen molar-refractivity contribution in [2.75, 3.05) is 23.8 Å².